The highest BCUT2D eigenvalue weighted by atomic mass is 79.9. The van der Waals surface area contributed by atoms with Crippen molar-refractivity contribution in [1.29, 1.82) is 0 Å². The van der Waals surface area contributed by atoms with Gasteiger partial charge >= 0.3 is 0 Å². The number of benzene rings is 2. The summed E-state index contributed by atoms with van der Waals surface area (Å²) in [5.41, 5.74) is 1.20. The molecule has 0 radical (unpaired) electrons. The third-order valence-corrected chi connectivity index (χ3v) is 5.18. The van der Waals surface area contributed by atoms with Crippen LogP contribution in [0.4, 0.5) is 10.1 Å². The Morgan fingerprint density at radius 3 is 2.65 bits per heavy atom. The minimum absolute atomic E-state index is 0.283. The molecule has 3 nitrogen and oxygen atoms in total. The third kappa shape index (κ3) is 3.13. The van der Waals surface area contributed by atoms with E-state index >= 15 is 0 Å². The van der Waals surface area contributed by atoms with Gasteiger partial charge in [-0.15, -0.1) is 11.3 Å². The van der Waals surface area contributed by atoms with Gasteiger partial charge in [-0.25, -0.2) is 9.38 Å². The van der Waals surface area contributed by atoms with Crippen molar-refractivity contribution in [1.82, 2.24) is 0 Å². The number of aliphatic imine (C=N–C) groups is 1. The summed E-state index contributed by atoms with van der Waals surface area (Å²) in [6, 6.07) is 17.4. The van der Waals surface area contributed by atoms with Gasteiger partial charge in [-0.1, -0.05) is 40.2 Å². The molecule has 0 atom stereocenters. The van der Waals surface area contributed by atoms with Gasteiger partial charge in [-0.05, 0) is 47.9 Å². The van der Waals surface area contributed by atoms with E-state index in [9.17, 15) is 9.18 Å². The van der Waals surface area contributed by atoms with Crippen LogP contribution in [0.25, 0.3) is 6.08 Å². The second-order valence-corrected chi connectivity index (χ2v) is 7.48. The topological polar surface area (TPSA) is 32.7 Å². The van der Waals surface area contributed by atoms with E-state index in [4.69, 9.17) is 0 Å². The first-order valence-corrected chi connectivity index (χ1v) is 9.49. The fourth-order valence-corrected chi connectivity index (χ4v) is 3.74. The van der Waals surface area contributed by atoms with Crippen LogP contribution in [0.3, 0.4) is 0 Å². The van der Waals surface area contributed by atoms with Crippen molar-refractivity contribution in [2.75, 3.05) is 4.90 Å². The molecule has 2 aromatic carbocycles. The highest BCUT2D eigenvalue weighted by Gasteiger charge is 2.33. The molecule has 4 rings (SSSR count). The van der Waals surface area contributed by atoms with Crippen molar-refractivity contribution in [3.05, 3.63) is 92.5 Å². The van der Waals surface area contributed by atoms with Gasteiger partial charge in [-0.3, -0.25) is 9.69 Å². The van der Waals surface area contributed by atoms with E-state index in [1.54, 1.807) is 30.3 Å². The summed E-state index contributed by atoms with van der Waals surface area (Å²) in [6.07, 6.45) is 1.73. The van der Waals surface area contributed by atoms with Crippen molar-refractivity contribution in [2.45, 2.75) is 0 Å². The Kier molecular flexibility index (Phi) is 4.53. The molecule has 6 heteroatoms. The van der Waals surface area contributed by atoms with Crippen LogP contribution in [0.15, 0.2) is 81.2 Å². The second kappa shape index (κ2) is 6.97. The molecule has 0 aliphatic carbocycles. The van der Waals surface area contributed by atoms with Crippen LogP contribution >= 0.6 is 27.3 Å². The van der Waals surface area contributed by atoms with Gasteiger partial charge in [0.1, 0.15) is 11.5 Å². The molecule has 0 N–H and O–H groups in total. The largest absolute Gasteiger partial charge is 0.282 e. The first-order chi connectivity index (χ1) is 12.6. The maximum absolute atomic E-state index is 14.4. The summed E-state index contributed by atoms with van der Waals surface area (Å²) in [5.74, 6) is -0.417. The Morgan fingerprint density at radius 1 is 1.08 bits per heavy atom. The number of hydrogen-bond donors (Lipinski definition) is 0. The molecular formula is C20H12BrFN2OS. The zero-order valence-electron chi connectivity index (χ0n) is 13.4. The molecule has 1 amide bonds. The number of nitrogens with zero attached hydrogens (tertiary/aromatic N) is 2. The Labute approximate surface area is 162 Å². The molecule has 0 spiro atoms. The lowest BCUT2D eigenvalue weighted by Crippen LogP contribution is -2.33. The molecule has 0 saturated carbocycles. The summed E-state index contributed by atoms with van der Waals surface area (Å²) in [7, 11) is 0. The molecule has 1 aliphatic rings. The summed E-state index contributed by atoms with van der Waals surface area (Å²) < 4.78 is 15.2. The van der Waals surface area contributed by atoms with Gasteiger partial charge in [0.05, 0.1) is 11.3 Å². The number of carbonyl (C=O) groups is 1. The predicted octanol–water partition coefficient (Wildman–Crippen LogP) is 5.48. The number of carbonyl (C=O) groups excluding carboxylic acids is 1. The van der Waals surface area contributed by atoms with Crippen LogP contribution in [0.1, 0.15) is 10.4 Å². The minimum Gasteiger partial charge on any atom is -0.266 e. The van der Waals surface area contributed by atoms with Crippen LogP contribution in [0.2, 0.25) is 0 Å². The molecule has 0 fully saturated rings. The predicted molar refractivity (Wildman–Crippen MR) is 107 cm³/mol. The zero-order valence-corrected chi connectivity index (χ0v) is 15.8. The van der Waals surface area contributed by atoms with Crippen LogP contribution in [-0.2, 0) is 4.79 Å². The van der Waals surface area contributed by atoms with Crippen molar-refractivity contribution in [3.8, 4) is 0 Å². The Bertz CT molecular complexity index is 1040. The monoisotopic (exact) mass is 426 g/mol. The Balaban J connectivity index is 1.87. The van der Waals surface area contributed by atoms with Crippen LogP contribution in [-0.4, -0.2) is 11.7 Å². The molecule has 128 valence electrons. The molecular weight excluding hydrogens is 415 g/mol. The van der Waals surface area contributed by atoms with Gasteiger partial charge in [0.15, 0.2) is 5.84 Å². The van der Waals surface area contributed by atoms with Crippen molar-refractivity contribution >= 4 is 50.8 Å². The number of amides is 1. The minimum atomic E-state index is -0.420. The summed E-state index contributed by atoms with van der Waals surface area (Å²) in [4.78, 5) is 19.9. The Hall–Kier alpha value is -2.57. The standard InChI is InChI=1S/C20H12BrFN2OS/c21-13-5-3-6-14(11-13)24-19(16-8-1-2-9-17(16)22)23-18(20(24)25)12-15-7-4-10-26-15/h1-12H/b18-12+. The number of rotatable bonds is 3. The third-order valence-electron chi connectivity index (χ3n) is 3.86. The first kappa shape index (κ1) is 16.9. The van der Waals surface area contributed by atoms with Gasteiger partial charge in [0.25, 0.3) is 5.91 Å². The summed E-state index contributed by atoms with van der Waals surface area (Å²) in [6.45, 7) is 0. The van der Waals surface area contributed by atoms with Crippen LogP contribution in [0, 0.1) is 5.82 Å². The number of halogens is 2. The number of anilines is 1. The SMILES string of the molecule is O=C1/C(=C\c2cccs2)N=C(c2ccccc2F)N1c1cccc(Br)c1. The van der Waals surface area contributed by atoms with Crippen molar-refractivity contribution < 1.29 is 9.18 Å². The van der Waals surface area contributed by atoms with Gasteiger partial charge in [-0.2, -0.15) is 0 Å². The van der Waals surface area contributed by atoms with Crippen molar-refractivity contribution in [2.24, 2.45) is 4.99 Å². The quantitative estimate of drug-likeness (QED) is 0.510. The lowest BCUT2D eigenvalue weighted by atomic mass is 10.1. The summed E-state index contributed by atoms with van der Waals surface area (Å²) in [5, 5.41) is 1.93. The van der Waals surface area contributed by atoms with E-state index in [0.29, 0.717) is 5.69 Å². The van der Waals surface area contributed by atoms with Gasteiger partial charge < -0.3 is 0 Å². The smallest absolute Gasteiger partial charge is 0.266 e. The van der Waals surface area contributed by atoms with E-state index in [-0.39, 0.29) is 23.0 Å². The van der Waals surface area contributed by atoms with Gasteiger partial charge in [0.2, 0.25) is 0 Å². The average molecular weight is 427 g/mol. The normalized spacial score (nSPS) is 15.6. The molecule has 0 saturated heterocycles. The van der Waals surface area contributed by atoms with E-state index in [1.807, 2.05) is 35.7 Å². The van der Waals surface area contributed by atoms with E-state index < -0.39 is 5.82 Å². The molecule has 2 heterocycles. The van der Waals surface area contributed by atoms with Crippen LogP contribution < -0.4 is 4.90 Å². The lowest BCUT2D eigenvalue weighted by molar-refractivity contribution is -0.113. The molecule has 0 unspecified atom stereocenters. The first-order valence-electron chi connectivity index (χ1n) is 7.82. The fraction of sp³-hybridized carbons (Fsp3) is 0. The van der Waals surface area contributed by atoms with Crippen molar-refractivity contribution in [3.63, 3.8) is 0 Å². The molecule has 1 aliphatic heterocycles. The van der Waals surface area contributed by atoms with E-state index in [2.05, 4.69) is 20.9 Å². The lowest BCUT2D eigenvalue weighted by Gasteiger charge is -2.19. The van der Waals surface area contributed by atoms with E-state index in [1.165, 1.54) is 22.3 Å². The average Bonchev–Trinajstić information content (AvgIpc) is 3.24. The molecule has 1 aromatic heterocycles. The van der Waals surface area contributed by atoms with Crippen LogP contribution in [0.5, 0.6) is 0 Å². The number of amidine groups is 1. The highest BCUT2D eigenvalue weighted by Crippen LogP contribution is 2.30. The second-order valence-electron chi connectivity index (χ2n) is 5.58. The molecule has 26 heavy (non-hydrogen) atoms. The maximum Gasteiger partial charge on any atom is 0.282 e. The highest BCUT2D eigenvalue weighted by molar-refractivity contribution is 9.10. The zero-order chi connectivity index (χ0) is 18.1. The fourth-order valence-electron chi connectivity index (χ4n) is 2.70. The maximum atomic E-state index is 14.4. The molecule has 0 bridgehead atoms. The Morgan fingerprint density at radius 2 is 1.92 bits per heavy atom. The van der Waals surface area contributed by atoms with Gasteiger partial charge in [0, 0.05) is 9.35 Å². The van der Waals surface area contributed by atoms with E-state index in [0.717, 1.165) is 9.35 Å². The molecule has 3 aromatic rings. The summed E-state index contributed by atoms with van der Waals surface area (Å²) >= 11 is 4.93. The number of thiophene rings is 1. The number of hydrogen-bond acceptors (Lipinski definition) is 3.